The SMILES string of the molecule is COC[C@H]1CN[C@H](C)CN1CC(=O)N1CC(C)(C)c2ccc(S(=O)(=O)N(C)C)cc21.Cl. The molecule has 176 valence electrons. The van der Waals surface area contributed by atoms with Crippen molar-refractivity contribution in [2.24, 2.45) is 0 Å². The maximum atomic E-state index is 13.4. The molecule has 2 heterocycles. The lowest BCUT2D eigenvalue weighted by Crippen LogP contribution is -2.59. The highest BCUT2D eigenvalue weighted by molar-refractivity contribution is 7.89. The van der Waals surface area contributed by atoms with Crippen molar-refractivity contribution in [3.8, 4) is 0 Å². The van der Waals surface area contributed by atoms with Crippen LogP contribution in [0.3, 0.4) is 0 Å². The zero-order chi connectivity index (χ0) is 22.3. The third kappa shape index (κ3) is 5.23. The number of hydrogen-bond donors (Lipinski definition) is 1. The van der Waals surface area contributed by atoms with Crippen LogP contribution >= 0.6 is 12.4 Å². The van der Waals surface area contributed by atoms with Gasteiger partial charge in [-0.15, -0.1) is 12.4 Å². The summed E-state index contributed by atoms with van der Waals surface area (Å²) in [5.74, 6) is -0.0172. The van der Waals surface area contributed by atoms with Gasteiger partial charge in [-0.05, 0) is 24.6 Å². The summed E-state index contributed by atoms with van der Waals surface area (Å²) in [4.78, 5) is 17.5. The number of nitrogens with zero attached hydrogens (tertiary/aromatic N) is 3. The third-order valence-electron chi connectivity index (χ3n) is 6.05. The fourth-order valence-corrected chi connectivity index (χ4v) is 5.23. The molecule has 1 fully saturated rings. The molecule has 0 unspecified atom stereocenters. The number of ether oxygens (including phenoxy) is 1. The van der Waals surface area contributed by atoms with E-state index in [-0.39, 0.29) is 41.2 Å². The molecule has 2 aliphatic rings. The van der Waals surface area contributed by atoms with E-state index < -0.39 is 10.0 Å². The van der Waals surface area contributed by atoms with E-state index in [1.54, 1.807) is 24.1 Å². The minimum atomic E-state index is -3.58. The fraction of sp³-hybridized carbons (Fsp3) is 0.667. The second-order valence-electron chi connectivity index (χ2n) is 9.18. The van der Waals surface area contributed by atoms with Crippen LogP contribution in [0.2, 0.25) is 0 Å². The Morgan fingerprint density at radius 2 is 2.00 bits per heavy atom. The first-order valence-corrected chi connectivity index (χ1v) is 11.7. The van der Waals surface area contributed by atoms with Gasteiger partial charge in [0, 0.05) is 64.0 Å². The van der Waals surface area contributed by atoms with Crippen LogP contribution in [0.15, 0.2) is 23.1 Å². The normalized spacial score (nSPS) is 23.5. The van der Waals surface area contributed by atoms with E-state index in [9.17, 15) is 13.2 Å². The number of hydrogen-bond acceptors (Lipinski definition) is 6. The molecule has 2 atom stereocenters. The second kappa shape index (κ2) is 9.72. The van der Waals surface area contributed by atoms with Gasteiger partial charge < -0.3 is 15.0 Å². The van der Waals surface area contributed by atoms with Crippen molar-refractivity contribution >= 4 is 34.0 Å². The minimum Gasteiger partial charge on any atom is -0.383 e. The predicted molar refractivity (Wildman–Crippen MR) is 125 cm³/mol. The number of anilines is 1. The average molecular weight is 475 g/mol. The largest absolute Gasteiger partial charge is 0.383 e. The Kier molecular flexibility index (Phi) is 8.16. The molecule has 1 amide bonds. The summed E-state index contributed by atoms with van der Waals surface area (Å²) in [5, 5.41) is 3.44. The Balaban J connectivity index is 0.00000341. The van der Waals surface area contributed by atoms with Crippen molar-refractivity contribution in [1.82, 2.24) is 14.5 Å². The standard InChI is InChI=1S/C21H34N4O4S.ClH/c1-15-11-24(16(10-22-15)13-29-6)12-20(26)25-14-21(2,3)18-8-7-17(9-19(18)25)30(27,28)23(4)5;/h7-9,15-16,22H,10-14H2,1-6H3;1H/t15-,16-;/m1./s1. The predicted octanol–water partition coefficient (Wildman–Crippen LogP) is 1.29. The van der Waals surface area contributed by atoms with Gasteiger partial charge in [0.1, 0.15) is 0 Å². The van der Waals surface area contributed by atoms with E-state index in [1.807, 2.05) is 6.07 Å². The first-order valence-electron chi connectivity index (χ1n) is 10.3. The van der Waals surface area contributed by atoms with Crippen LogP contribution in [0.4, 0.5) is 5.69 Å². The highest BCUT2D eigenvalue weighted by Crippen LogP contribution is 2.41. The zero-order valence-electron chi connectivity index (χ0n) is 19.2. The molecule has 1 saturated heterocycles. The van der Waals surface area contributed by atoms with Gasteiger partial charge in [0.2, 0.25) is 15.9 Å². The van der Waals surface area contributed by atoms with Crippen molar-refractivity contribution in [1.29, 1.82) is 0 Å². The van der Waals surface area contributed by atoms with Crippen LogP contribution < -0.4 is 10.2 Å². The second-order valence-corrected chi connectivity index (χ2v) is 11.3. The highest BCUT2D eigenvalue weighted by Gasteiger charge is 2.40. The Bertz CT molecular complexity index is 907. The summed E-state index contributed by atoms with van der Waals surface area (Å²) in [6.07, 6.45) is 0. The third-order valence-corrected chi connectivity index (χ3v) is 7.86. The molecule has 0 saturated carbocycles. The Labute approximate surface area is 192 Å². The van der Waals surface area contributed by atoms with Gasteiger partial charge in [0.15, 0.2) is 0 Å². The van der Waals surface area contributed by atoms with Gasteiger partial charge in [0.05, 0.1) is 18.0 Å². The van der Waals surface area contributed by atoms with Crippen LogP contribution in [-0.2, 0) is 25.0 Å². The number of sulfonamides is 1. The maximum absolute atomic E-state index is 13.4. The summed E-state index contributed by atoms with van der Waals surface area (Å²) in [6.45, 7) is 9.17. The molecule has 1 N–H and O–H groups in total. The van der Waals surface area contributed by atoms with Crippen molar-refractivity contribution in [3.63, 3.8) is 0 Å². The fourth-order valence-electron chi connectivity index (χ4n) is 4.31. The van der Waals surface area contributed by atoms with Gasteiger partial charge in [0.25, 0.3) is 0 Å². The van der Waals surface area contributed by atoms with Crippen molar-refractivity contribution in [3.05, 3.63) is 23.8 Å². The molecule has 1 aromatic rings. The highest BCUT2D eigenvalue weighted by atomic mass is 35.5. The van der Waals surface area contributed by atoms with E-state index in [2.05, 4.69) is 31.0 Å². The van der Waals surface area contributed by atoms with E-state index >= 15 is 0 Å². The number of piperazine rings is 1. The smallest absolute Gasteiger partial charge is 0.242 e. The van der Waals surface area contributed by atoms with Crippen LogP contribution in [-0.4, -0.2) is 89.6 Å². The number of amides is 1. The molecule has 0 radical (unpaired) electrons. The number of nitrogens with one attached hydrogen (secondary N) is 1. The van der Waals surface area contributed by atoms with Gasteiger partial charge >= 0.3 is 0 Å². The Hall–Kier alpha value is -1.23. The maximum Gasteiger partial charge on any atom is 0.242 e. The van der Waals surface area contributed by atoms with Crippen LogP contribution in [0.25, 0.3) is 0 Å². The van der Waals surface area contributed by atoms with Crippen LogP contribution in [0.1, 0.15) is 26.3 Å². The van der Waals surface area contributed by atoms with Crippen molar-refractivity contribution in [2.75, 3.05) is 58.9 Å². The molecule has 3 rings (SSSR count). The van der Waals surface area contributed by atoms with E-state index in [0.29, 0.717) is 24.9 Å². The monoisotopic (exact) mass is 474 g/mol. The lowest BCUT2D eigenvalue weighted by molar-refractivity contribution is -0.121. The van der Waals surface area contributed by atoms with Gasteiger partial charge in [-0.2, -0.15) is 0 Å². The molecular formula is C21H35ClN4O4S. The van der Waals surface area contributed by atoms with E-state index in [1.165, 1.54) is 18.4 Å². The minimum absolute atomic E-state index is 0. The number of benzene rings is 1. The van der Waals surface area contributed by atoms with Gasteiger partial charge in [-0.3, -0.25) is 9.69 Å². The molecule has 0 aromatic heterocycles. The molecule has 0 bridgehead atoms. The molecule has 0 spiro atoms. The molecule has 1 aromatic carbocycles. The number of carbonyl (C=O) groups excluding carboxylic acids is 1. The number of halogens is 1. The average Bonchev–Trinajstić information content (AvgIpc) is 2.94. The summed E-state index contributed by atoms with van der Waals surface area (Å²) in [5.41, 5.74) is 1.45. The number of methoxy groups -OCH3 is 1. The van der Waals surface area contributed by atoms with Crippen molar-refractivity contribution < 1.29 is 17.9 Å². The number of fused-ring (bicyclic) bond motifs is 1. The van der Waals surface area contributed by atoms with Crippen LogP contribution in [0.5, 0.6) is 0 Å². The lowest BCUT2D eigenvalue weighted by Gasteiger charge is -2.39. The Morgan fingerprint density at radius 1 is 1.32 bits per heavy atom. The summed E-state index contributed by atoms with van der Waals surface area (Å²) >= 11 is 0. The van der Waals surface area contributed by atoms with Crippen LogP contribution in [0, 0.1) is 0 Å². The van der Waals surface area contributed by atoms with Gasteiger partial charge in [-0.25, -0.2) is 12.7 Å². The zero-order valence-corrected chi connectivity index (χ0v) is 20.8. The molecular weight excluding hydrogens is 440 g/mol. The molecule has 2 aliphatic heterocycles. The topological polar surface area (TPSA) is 82.2 Å². The molecule has 10 heteroatoms. The molecule has 0 aliphatic carbocycles. The number of rotatable bonds is 6. The molecule has 31 heavy (non-hydrogen) atoms. The Morgan fingerprint density at radius 3 is 2.61 bits per heavy atom. The van der Waals surface area contributed by atoms with E-state index in [0.717, 1.165) is 18.7 Å². The van der Waals surface area contributed by atoms with Gasteiger partial charge in [-0.1, -0.05) is 19.9 Å². The van der Waals surface area contributed by atoms with Crippen molar-refractivity contribution in [2.45, 2.75) is 43.2 Å². The first-order chi connectivity index (χ1) is 14.0. The summed E-state index contributed by atoms with van der Waals surface area (Å²) in [7, 11) is 1.12. The van der Waals surface area contributed by atoms with E-state index in [4.69, 9.17) is 4.74 Å². The summed E-state index contributed by atoms with van der Waals surface area (Å²) in [6, 6.07) is 5.55. The first kappa shape index (κ1) is 26.0. The summed E-state index contributed by atoms with van der Waals surface area (Å²) < 4.78 is 31.8. The molecule has 8 nitrogen and oxygen atoms in total. The number of carbonyl (C=O) groups is 1. The quantitative estimate of drug-likeness (QED) is 0.669. The lowest BCUT2D eigenvalue weighted by atomic mass is 9.87.